The van der Waals surface area contributed by atoms with Crippen LogP contribution in [0.5, 0.6) is 0 Å². The van der Waals surface area contributed by atoms with Gasteiger partial charge in [0.05, 0.1) is 7.11 Å². The molecule has 0 saturated heterocycles. The van der Waals surface area contributed by atoms with Crippen LogP contribution in [0.25, 0.3) is 0 Å². The van der Waals surface area contributed by atoms with E-state index >= 15 is 0 Å². The van der Waals surface area contributed by atoms with Crippen molar-refractivity contribution in [1.29, 1.82) is 0 Å². The second-order valence-electron chi connectivity index (χ2n) is 3.89. The van der Waals surface area contributed by atoms with Crippen LogP contribution in [0.3, 0.4) is 0 Å². The number of nitrogens with zero attached hydrogens (tertiary/aromatic N) is 1. The normalized spacial score (nSPS) is 9.94. The van der Waals surface area contributed by atoms with Crippen LogP contribution in [0.1, 0.15) is 24.5 Å². The summed E-state index contributed by atoms with van der Waals surface area (Å²) in [5.74, 6) is 0. The second kappa shape index (κ2) is 6.16. The highest BCUT2D eigenvalue weighted by Crippen LogP contribution is 2.08. The summed E-state index contributed by atoms with van der Waals surface area (Å²) >= 11 is 0. The largest absolute Gasteiger partial charge is 0.453 e. The van der Waals surface area contributed by atoms with Crippen molar-refractivity contribution >= 4 is 6.09 Å². The highest BCUT2D eigenvalue weighted by atomic mass is 16.5. The van der Waals surface area contributed by atoms with Gasteiger partial charge in [-0.1, -0.05) is 37.6 Å². The minimum absolute atomic E-state index is 0.308. The molecule has 0 radical (unpaired) electrons. The number of amides is 1. The lowest BCUT2D eigenvalue weighted by atomic mass is 10.1. The van der Waals surface area contributed by atoms with Gasteiger partial charge in [0.25, 0.3) is 0 Å². The lowest BCUT2D eigenvalue weighted by molar-refractivity contribution is 0.131. The molecule has 88 valence electrons. The quantitative estimate of drug-likeness (QED) is 0.782. The van der Waals surface area contributed by atoms with E-state index in [1.165, 1.54) is 12.7 Å². The molecule has 0 bridgehead atoms. The van der Waals surface area contributed by atoms with E-state index < -0.39 is 0 Å². The molecule has 0 aliphatic carbocycles. The van der Waals surface area contributed by atoms with Gasteiger partial charge in [-0.15, -0.1) is 0 Å². The lowest BCUT2D eigenvalue weighted by Gasteiger charge is -2.15. The Morgan fingerprint density at radius 1 is 1.25 bits per heavy atom. The number of benzene rings is 1. The van der Waals surface area contributed by atoms with E-state index in [1.807, 2.05) is 0 Å². The third kappa shape index (κ3) is 3.57. The molecule has 1 amide bonds. The lowest BCUT2D eigenvalue weighted by Crippen LogP contribution is -2.25. The molecule has 1 rings (SSSR count). The van der Waals surface area contributed by atoms with Crippen molar-refractivity contribution in [2.24, 2.45) is 0 Å². The topological polar surface area (TPSA) is 29.5 Å². The van der Waals surface area contributed by atoms with Crippen LogP contribution in [0, 0.1) is 0 Å². The zero-order valence-corrected chi connectivity index (χ0v) is 10.2. The van der Waals surface area contributed by atoms with Crippen LogP contribution in [-0.4, -0.2) is 25.2 Å². The van der Waals surface area contributed by atoms with Gasteiger partial charge in [-0.05, 0) is 17.5 Å². The van der Waals surface area contributed by atoms with Gasteiger partial charge in [0.2, 0.25) is 0 Å². The van der Waals surface area contributed by atoms with Crippen molar-refractivity contribution in [1.82, 2.24) is 4.90 Å². The average molecular weight is 221 g/mol. The summed E-state index contributed by atoms with van der Waals surface area (Å²) in [6, 6.07) is 8.35. The molecular formula is C13H19NO2. The first-order valence-electron chi connectivity index (χ1n) is 5.54. The van der Waals surface area contributed by atoms with E-state index in [0.29, 0.717) is 6.54 Å². The SMILES string of the molecule is CCCc1ccc(CN(C)C(=O)OC)cc1. The predicted molar refractivity (Wildman–Crippen MR) is 64.3 cm³/mol. The molecule has 0 aromatic heterocycles. The van der Waals surface area contributed by atoms with E-state index in [0.717, 1.165) is 18.4 Å². The van der Waals surface area contributed by atoms with Crippen LogP contribution in [-0.2, 0) is 17.7 Å². The maximum Gasteiger partial charge on any atom is 0.409 e. The standard InChI is InChI=1S/C13H19NO2/c1-4-5-11-6-8-12(9-7-11)10-14(2)13(15)16-3/h6-9H,4-5,10H2,1-3H3. The molecule has 0 saturated carbocycles. The highest BCUT2D eigenvalue weighted by molar-refractivity contribution is 5.66. The number of hydrogen-bond acceptors (Lipinski definition) is 2. The van der Waals surface area contributed by atoms with Gasteiger partial charge in [0.15, 0.2) is 0 Å². The van der Waals surface area contributed by atoms with Crippen molar-refractivity contribution in [3.63, 3.8) is 0 Å². The zero-order valence-electron chi connectivity index (χ0n) is 10.2. The summed E-state index contributed by atoms with van der Waals surface area (Å²) in [4.78, 5) is 12.7. The van der Waals surface area contributed by atoms with Gasteiger partial charge in [0, 0.05) is 13.6 Å². The molecule has 0 atom stereocenters. The number of methoxy groups -OCH3 is 1. The fraction of sp³-hybridized carbons (Fsp3) is 0.462. The first kappa shape index (κ1) is 12.6. The molecule has 0 heterocycles. The molecule has 0 spiro atoms. The number of ether oxygens (including phenoxy) is 1. The summed E-state index contributed by atoms with van der Waals surface area (Å²) < 4.78 is 4.63. The van der Waals surface area contributed by atoms with E-state index in [9.17, 15) is 4.79 Å². The van der Waals surface area contributed by atoms with Crippen molar-refractivity contribution in [2.75, 3.05) is 14.2 Å². The minimum atomic E-state index is -0.308. The Hall–Kier alpha value is -1.51. The Bertz CT molecular complexity index is 332. The zero-order chi connectivity index (χ0) is 12.0. The molecule has 3 heteroatoms. The average Bonchev–Trinajstić information content (AvgIpc) is 2.31. The van der Waals surface area contributed by atoms with Gasteiger partial charge in [-0.3, -0.25) is 0 Å². The monoisotopic (exact) mass is 221 g/mol. The first-order valence-corrected chi connectivity index (χ1v) is 5.54. The van der Waals surface area contributed by atoms with Crippen molar-refractivity contribution in [2.45, 2.75) is 26.3 Å². The van der Waals surface area contributed by atoms with Crippen molar-refractivity contribution < 1.29 is 9.53 Å². The maximum atomic E-state index is 11.2. The molecule has 3 nitrogen and oxygen atoms in total. The van der Waals surface area contributed by atoms with Gasteiger partial charge >= 0.3 is 6.09 Å². The third-order valence-corrected chi connectivity index (χ3v) is 2.47. The van der Waals surface area contributed by atoms with Crippen molar-refractivity contribution in [3.05, 3.63) is 35.4 Å². The fourth-order valence-electron chi connectivity index (χ4n) is 1.59. The molecule has 1 aromatic rings. The van der Waals surface area contributed by atoms with Crippen molar-refractivity contribution in [3.8, 4) is 0 Å². The summed E-state index contributed by atoms with van der Waals surface area (Å²) in [5.41, 5.74) is 2.46. The molecule has 0 aliphatic heterocycles. The van der Waals surface area contributed by atoms with Crippen LogP contribution in [0.4, 0.5) is 4.79 Å². The molecule has 0 fully saturated rings. The van der Waals surface area contributed by atoms with Gasteiger partial charge < -0.3 is 9.64 Å². The third-order valence-electron chi connectivity index (χ3n) is 2.47. The number of aryl methyl sites for hydroxylation is 1. The minimum Gasteiger partial charge on any atom is -0.453 e. The summed E-state index contributed by atoms with van der Waals surface area (Å²) in [7, 11) is 3.12. The van der Waals surface area contributed by atoms with Gasteiger partial charge in [0.1, 0.15) is 0 Å². The van der Waals surface area contributed by atoms with E-state index in [4.69, 9.17) is 0 Å². The fourth-order valence-corrected chi connectivity index (χ4v) is 1.59. The maximum absolute atomic E-state index is 11.2. The molecular weight excluding hydrogens is 202 g/mol. The Labute approximate surface area is 97.0 Å². The summed E-state index contributed by atoms with van der Waals surface area (Å²) in [6.07, 6.45) is 1.95. The van der Waals surface area contributed by atoms with E-state index in [1.54, 1.807) is 11.9 Å². The Balaban J connectivity index is 2.58. The summed E-state index contributed by atoms with van der Waals surface area (Å²) in [5, 5.41) is 0. The van der Waals surface area contributed by atoms with Crippen LogP contribution >= 0.6 is 0 Å². The molecule has 1 aromatic carbocycles. The highest BCUT2D eigenvalue weighted by Gasteiger charge is 2.07. The Kier molecular flexibility index (Phi) is 4.83. The number of carbonyl (C=O) groups is 1. The predicted octanol–water partition coefficient (Wildman–Crippen LogP) is 2.84. The molecule has 0 N–H and O–H groups in total. The van der Waals surface area contributed by atoms with E-state index in [-0.39, 0.29) is 6.09 Å². The Morgan fingerprint density at radius 2 is 1.81 bits per heavy atom. The van der Waals surface area contributed by atoms with Gasteiger partial charge in [-0.2, -0.15) is 0 Å². The second-order valence-corrected chi connectivity index (χ2v) is 3.89. The van der Waals surface area contributed by atoms with E-state index in [2.05, 4.69) is 35.9 Å². The molecule has 0 aliphatic rings. The first-order chi connectivity index (χ1) is 7.67. The van der Waals surface area contributed by atoms with Crippen LogP contribution in [0.2, 0.25) is 0 Å². The number of rotatable bonds is 4. The van der Waals surface area contributed by atoms with Crippen LogP contribution in [0.15, 0.2) is 24.3 Å². The summed E-state index contributed by atoms with van der Waals surface area (Å²) in [6.45, 7) is 2.75. The number of hydrogen-bond donors (Lipinski definition) is 0. The van der Waals surface area contributed by atoms with Crippen LogP contribution < -0.4 is 0 Å². The number of carbonyl (C=O) groups excluding carboxylic acids is 1. The smallest absolute Gasteiger partial charge is 0.409 e. The Morgan fingerprint density at radius 3 is 2.31 bits per heavy atom. The molecule has 0 unspecified atom stereocenters. The molecule has 16 heavy (non-hydrogen) atoms. The van der Waals surface area contributed by atoms with Gasteiger partial charge in [-0.25, -0.2) is 4.79 Å².